The summed E-state index contributed by atoms with van der Waals surface area (Å²) in [5.41, 5.74) is 2.49. The molecule has 0 radical (unpaired) electrons. The van der Waals surface area contributed by atoms with Crippen LogP contribution in [0.2, 0.25) is 0 Å². The Morgan fingerprint density at radius 1 is 1.29 bits per heavy atom. The largest absolute Gasteiger partial charge is 0.381 e. The first-order valence-corrected chi connectivity index (χ1v) is 7.93. The third kappa shape index (κ3) is 4.56. The Bertz CT molecular complexity index is 744. The Hall–Kier alpha value is -2.87. The summed E-state index contributed by atoms with van der Waals surface area (Å²) in [6.07, 6.45) is 2.56. The summed E-state index contributed by atoms with van der Waals surface area (Å²) in [5.74, 6) is 1.24. The minimum absolute atomic E-state index is 0.189. The van der Waals surface area contributed by atoms with Crippen molar-refractivity contribution in [2.45, 2.75) is 26.3 Å². The van der Waals surface area contributed by atoms with Gasteiger partial charge >= 0.3 is 0 Å². The molecule has 1 heterocycles. The van der Waals surface area contributed by atoms with E-state index in [1.165, 1.54) is 5.56 Å². The van der Waals surface area contributed by atoms with Crippen LogP contribution in [0.15, 0.2) is 47.6 Å². The smallest absolute Gasteiger partial charge is 0.173 e. The van der Waals surface area contributed by atoms with Gasteiger partial charge in [-0.25, -0.2) is 9.98 Å². The molecule has 1 aromatic carbocycles. The van der Waals surface area contributed by atoms with Crippen molar-refractivity contribution >= 4 is 17.3 Å². The Labute approximate surface area is 143 Å². The maximum atomic E-state index is 9.54. The number of pyridine rings is 1. The van der Waals surface area contributed by atoms with Crippen LogP contribution in [-0.2, 0) is 6.42 Å². The summed E-state index contributed by atoms with van der Waals surface area (Å²) < 4.78 is 0. The van der Waals surface area contributed by atoms with Crippen molar-refractivity contribution in [2.24, 2.45) is 4.99 Å². The Morgan fingerprint density at radius 2 is 2.00 bits per heavy atom. The average molecular weight is 321 g/mol. The molecule has 0 aliphatic heterocycles. The van der Waals surface area contributed by atoms with Crippen LogP contribution in [-0.4, -0.2) is 35.9 Å². The molecule has 2 aromatic rings. The second-order valence-electron chi connectivity index (χ2n) is 5.96. The number of rotatable bonds is 5. The van der Waals surface area contributed by atoms with Crippen molar-refractivity contribution in [1.82, 2.24) is 9.88 Å². The SMILES string of the molecule is CC(=Nc1nccc(NC(C)Cc2ccccc2)c1C#N)N(C)C. The van der Waals surface area contributed by atoms with E-state index in [0.717, 1.165) is 17.9 Å². The molecule has 0 fully saturated rings. The zero-order chi connectivity index (χ0) is 17.5. The van der Waals surface area contributed by atoms with Crippen molar-refractivity contribution in [1.29, 1.82) is 5.26 Å². The lowest BCUT2D eigenvalue weighted by atomic mass is 10.1. The topological polar surface area (TPSA) is 64.3 Å². The van der Waals surface area contributed by atoms with Gasteiger partial charge in [-0.15, -0.1) is 0 Å². The zero-order valence-electron chi connectivity index (χ0n) is 14.6. The molecular weight excluding hydrogens is 298 g/mol. The number of anilines is 1. The second kappa shape index (κ2) is 8.11. The molecular formula is C19H23N5. The molecule has 1 unspecified atom stereocenters. The summed E-state index contributed by atoms with van der Waals surface area (Å²) >= 11 is 0. The molecule has 5 heteroatoms. The Kier molecular flexibility index (Phi) is 5.91. The summed E-state index contributed by atoms with van der Waals surface area (Å²) in [6, 6.07) is 14.5. The van der Waals surface area contributed by atoms with Gasteiger partial charge in [-0.1, -0.05) is 30.3 Å². The first kappa shape index (κ1) is 17.5. The molecule has 0 aliphatic carbocycles. The fraction of sp³-hybridized carbons (Fsp3) is 0.316. The minimum Gasteiger partial charge on any atom is -0.381 e. The molecule has 0 amide bonds. The molecule has 0 saturated carbocycles. The van der Waals surface area contributed by atoms with Crippen LogP contribution >= 0.6 is 0 Å². The van der Waals surface area contributed by atoms with Gasteiger partial charge < -0.3 is 10.2 Å². The lowest BCUT2D eigenvalue weighted by molar-refractivity contribution is 0.618. The van der Waals surface area contributed by atoms with E-state index in [1.807, 2.05) is 50.2 Å². The summed E-state index contributed by atoms with van der Waals surface area (Å²) in [7, 11) is 3.82. The molecule has 0 saturated heterocycles. The van der Waals surface area contributed by atoms with Gasteiger partial charge in [0.05, 0.1) is 5.69 Å². The fourth-order valence-corrected chi connectivity index (χ4v) is 2.30. The van der Waals surface area contributed by atoms with Crippen LogP contribution in [0, 0.1) is 11.3 Å². The van der Waals surface area contributed by atoms with Crippen molar-refractivity contribution in [3.05, 3.63) is 53.7 Å². The number of nitriles is 1. The van der Waals surface area contributed by atoms with Gasteiger partial charge in [-0.2, -0.15) is 5.26 Å². The van der Waals surface area contributed by atoms with Crippen LogP contribution in [0.25, 0.3) is 0 Å². The third-order valence-corrected chi connectivity index (χ3v) is 3.74. The van der Waals surface area contributed by atoms with Gasteiger partial charge in [-0.3, -0.25) is 0 Å². The molecule has 24 heavy (non-hydrogen) atoms. The van der Waals surface area contributed by atoms with E-state index in [4.69, 9.17) is 0 Å². The van der Waals surface area contributed by atoms with Crippen LogP contribution in [0.3, 0.4) is 0 Å². The summed E-state index contributed by atoms with van der Waals surface area (Å²) in [4.78, 5) is 10.6. The molecule has 5 nitrogen and oxygen atoms in total. The number of hydrogen-bond donors (Lipinski definition) is 1. The Balaban J connectivity index is 2.21. The van der Waals surface area contributed by atoms with E-state index in [9.17, 15) is 5.26 Å². The average Bonchev–Trinajstić information content (AvgIpc) is 2.55. The normalized spacial score (nSPS) is 12.4. The molecule has 0 aliphatic rings. The number of aliphatic imine (C=N–C) groups is 1. The van der Waals surface area contributed by atoms with Gasteiger partial charge in [0.15, 0.2) is 5.82 Å². The van der Waals surface area contributed by atoms with E-state index < -0.39 is 0 Å². The van der Waals surface area contributed by atoms with Gasteiger partial charge in [0.1, 0.15) is 17.5 Å². The first-order valence-electron chi connectivity index (χ1n) is 7.93. The highest BCUT2D eigenvalue weighted by molar-refractivity contribution is 5.83. The molecule has 1 N–H and O–H groups in total. The van der Waals surface area contributed by atoms with E-state index >= 15 is 0 Å². The monoisotopic (exact) mass is 321 g/mol. The second-order valence-corrected chi connectivity index (χ2v) is 5.96. The third-order valence-electron chi connectivity index (χ3n) is 3.74. The predicted molar refractivity (Wildman–Crippen MR) is 98.6 cm³/mol. The number of aromatic nitrogens is 1. The maximum Gasteiger partial charge on any atom is 0.173 e. The number of benzene rings is 1. The van der Waals surface area contributed by atoms with Crippen molar-refractivity contribution < 1.29 is 0 Å². The highest BCUT2D eigenvalue weighted by Crippen LogP contribution is 2.25. The van der Waals surface area contributed by atoms with Gasteiger partial charge in [0, 0.05) is 26.3 Å². The van der Waals surface area contributed by atoms with Gasteiger partial charge in [0.25, 0.3) is 0 Å². The van der Waals surface area contributed by atoms with Gasteiger partial charge in [0.2, 0.25) is 0 Å². The summed E-state index contributed by atoms with van der Waals surface area (Å²) in [6.45, 7) is 3.99. The molecule has 0 bridgehead atoms. The van der Waals surface area contributed by atoms with Crippen LogP contribution in [0.5, 0.6) is 0 Å². The highest BCUT2D eigenvalue weighted by Gasteiger charge is 2.12. The summed E-state index contributed by atoms with van der Waals surface area (Å²) in [5, 5.41) is 12.9. The van der Waals surface area contributed by atoms with E-state index in [0.29, 0.717) is 11.4 Å². The predicted octanol–water partition coefficient (Wildman–Crippen LogP) is 3.61. The highest BCUT2D eigenvalue weighted by atomic mass is 15.1. The minimum atomic E-state index is 0.189. The molecule has 1 aromatic heterocycles. The molecule has 0 spiro atoms. The lowest BCUT2D eigenvalue weighted by Crippen LogP contribution is -2.19. The molecule has 124 valence electrons. The lowest BCUT2D eigenvalue weighted by Gasteiger charge is -2.17. The maximum absolute atomic E-state index is 9.54. The quantitative estimate of drug-likeness (QED) is 0.675. The number of hydrogen-bond acceptors (Lipinski definition) is 4. The van der Waals surface area contributed by atoms with Crippen molar-refractivity contribution in [3.8, 4) is 6.07 Å². The van der Waals surface area contributed by atoms with Crippen molar-refractivity contribution in [2.75, 3.05) is 19.4 Å². The molecule has 2 rings (SSSR count). The standard InChI is InChI=1S/C19H23N5/c1-14(12-16-8-6-5-7-9-16)22-18-10-11-21-19(17(18)13-20)23-15(2)24(3)4/h5-11,14H,12H2,1-4H3,(H,21,22). The number of nitrogens with one attached hydrogen (secondary N) is 1. The van der Waals surface area contributed by atoms with Gasteiger partial charge in [-0.05, 0) is 31.9 Å². The number of amidine groups is 1. The fourth-order valence-electron chi connectivity index (χ4n) is 2.30. The van der Waals surface area contributed by atoms with E-state index in [-0.39, 0.29) is 6.04 Å². The van der Waals surface area contributed by atoms with Crippen LogP contribution in [0.1, 0.15) is 25.0 Å². The zero-order valence-corrected chi connectivity index (χ0v) is 14.6. The first-order chi connectivity index (χ1) is 11.5. The molecule has 1 atom stereocenters. The van der Waals surface area contributed by atoms with Crippen LogP contribution in [0.4, 0.5) is 11.5 Å². The van der Waals surface area contributed by atoms with E-state index in [1.54, 1.807) is 6.20 Å². The van der Waals surface area contributed by atoms with Crippen LogP contribution < -0.4 is 5.32 Å². The Morgan fingerprint density at radius 3 is 2.62 bits per heavy atom. The van der Waals surface area contributed by atoms with Crippen molar-refractivity contribution in [3.63, 3.8) is 0 Å². The van der Waals surface area contributed by atoms with E-state index in [2.05, 4.69) is 40.4 Å². The number of nitrogens with zero attached hydrogens (tertiary/aromatic N) is 4.